The molecule has 1 aliphatic heterocycles. The second-order valence-corrected chi connectivity index (χ2v) is 5.12. The number of para-hydroxylation sites is 1. The zero-order valence-electron chi connectivity index (χ0n) is 13.0. The van der Waals surface area contributed by atoms with Crippen molar-refractivity contribution in [1.82, 2.24) is 10.2 Å². The van der Waals surface area contributed by atoms with E-state index in [4.69, 9.17) is 9.47 Å². The van der Waals surface area contributed by atoms with Gasteiger partial charge in [-0.3, -0.25) is 14.5 Å². The molecule has 0 bridgehead atoms. The van der Waals surface area contributed by atoms with Crippen molar-refractivity contribution in [3.8, 4) is 5.75 Å². The zero-order chi connectivity index (χ0) is 16.7. The van der Waals surface area contributed by atoms with Crippen LogP contribution in [0.15, 0.2) is 30.3 Å². The van der Waals surface area contributed by atoms with Gasteiger partial charge < -0.3 is 14.8 Å². The summed E-state index contributed by atoms with van der Waals surface area (Å²) < 4.78 is 10.5. The summed E-state index contributed by atoms with van der Waals surface area (Å²) in [5.74, 6) is -0.250. The third-order valence-corrected chi connectivity index (χ3v) is 3.32. The van der Waals surface area contributed by atoms with Gasteiger partial charge in [0.05, 0.1) is 6.61 Å². The zero-order valence-corrected chi connectivity index (χ0v) is 13.0. The van der Waals surface area contributed by atoms with E-state index in [1.165, 1.54) is 6.92 Å². The van der Waals surface area contributed by atoms with Gasteiger partial charge in [0.2, 0.25) is 0 Å². The maximum Gasteiger partial charge on any atom is 0.324 e. The van der Waals surface area contributed by atoms with Gasteiger partial charge in [-0.1, -0.05) is 18.2 Å². The van der Waals surface area contributed by atoms with Crippen LogP contribution < -0.4 is 10.1 Å². The van der Waals surface area contributed by atoms with Crippen LogP contribution in [0.25, 0.3) is 0 Å². The monoisotopic (exact) mass is 320 g/mol. The molecule has 1 fully saturated rings. The molecule has 1 heterocycles. The first-order chi connectivity index (χ1) is 11.1. The minimum Gasteiger partial charge on any atom is -0.494 e. The van der Waals surface area contributed by atoms with Crippen LogP contribution in [0.2, 0.25) is 0 Å². The van der Waals surface area contributed by atoms with Crippen LogP contribution in [0.5, 0.6) is 5.75 Å². The second-order valence-electron chi connectivity index (χ2n) is 5.12. The summed E-state index contributed by atoms with van der Waals surface area (Å²) in [6.45, 7) is 2.56. The summed E-state index contributed by atoms with van der Waals surface area (Å²) in [4.78, 5) is 36.1. The largest absolute Gasteiger partial charge is 0.494 e. The van der Waals surface area contributed by atoms with Gasteiger partial charge in [-0.05, 0) is 25.5 Å². The van der Waals surface area contributed by atoms with Crippen LogP contribution in [-0.2, 0) is 14.3 Å². The molecule has 0 aromatic heterocycles. The van der Waals surface area contributed by atoms with Crippen molar-refractivity contribution in [3.63, 3.8) is 0 Å². The van der Waals surface area contributed by atoms with Crippen LogP contribution in [0, 0.1) is 0 Å². The molecule has 23 heavy (non-hydrogen) atoms. The molecule has 1 aliphatic rings. The number of amides is 3. The number of hydrogen-bond acceptors (Lipinski definition) is 5. The van der Waals surface area contributed by atoms with Crippen LogP contribution in [-0.4, -0.2) is 48.6 Å². The lowest BCUT2D eigenvalue weighted by atomic mass is 10.3. The SMILES string of the molecule is C[C@H](OC(=O)CCCOc1ccccc1)C(=O)N1CCNC1=O. The fraction of sp³-hybridized carbons (Fsp3) is 0.438. The number of hydrogen-bond donors (Lipinski definition) is 1. The van der Waals surface area contributed by atoms with E-state index in [2.05, 4.69) is 5.32 Å². The van der Waals surface area contributed by atoms with Crippen molar-refractivity contribution >= 4 is 17.9 Å². The van der Waals surface area contributed by atoms with Crippen molar-refractivity contribution in [3.05, 3.63) is 30.3 Å². The lowest BCUT2D eigenvalue weighted by molar-refractivity contribution is -0.157. The van der Waals surface area contributed by atoms with E-state index in [1.54, 1.807) is 0 Å². The molecular formula is C16H20N2O5. The van der Waals surface area contributed by atoms with Gasteiger partial charge in [0.25, 0.3) is 5.91 Å². The molecule has 1 saturated heterocycles. The number of urea groups is 1. The molecule has 0 spiro atoms. The Morgan fingerprint density at radius 2 is 2.04 bits per heavy atom. The molecule has 124 valence electrons. The fourth-order valence-corrected chi connectivity index (χ4v) is 2.13. The molecule has 3 amide bonds. The van der Waals surface area contributed by atoms with Crippen molar-refractivity contribution in [2.45, 2.75) is 25.9 Å². The minimum absolute atomic E-state index is 0.149. The summed E-state index contributed by atoms with van der Waals surface area (Å²) in [5, 5.41) is 2.53. The number of benzene rings is 1. The standard InChI is InChI=1S/C16H20N2O5/c1-12(15(20)18-10-9-17-16(18)21)23-14(19)8-5-11-22-13-6-3-2-4-7-13/h2-4,6-7,12H,5,8-11H2,1H3,(H,17,21)/t12-/m0/s1. The molecular weight excluding hydrogens is 300 g/mol. The molecule has 1 aromatic carbocycles. The van der Waals surface area contributed by atoms with E-state index < -0.39 is 24.0 Å². The first kappa shape index (κ1) is 16.8. The van der Waals surface area contributed by atoms with E-state index in [1.807, 2.05) is 30.3 Å². The molecule has 0 unspecified atom stereocenters. The van der Waals surface area contributed by atoms with Crippen molar-refractivity contribution in [1.29, 1.82) is 0 Å². The highest BCUT2D eigenvalue weighted by molar-refractivity contribution is 5.98. The van der Waals surface area contributed by atoms with Gasteiger partial charge in [-0.2, -0.15) is 0 Å². The molecule has 1 aromatic rings. The van der Waals surface area contributed by atoms with Crippen LogP contribution >= 0.6 is 0 Å². The smallest absolute Gasteiger partial charge is 0.324 e. The topological polar surface area (TPSA) is 84.9 Å². The second kappa shape index (κ2) is 8.17. The van der Waals surface area contributed by atoms with Gasteiger partial charge in [0, 0.05) is 19.5 Å². The average Bonchev–Trinajstić information content (AvgIpc) is 2.98. The normalized spacial score (nSPS) is 15.0. The van der Waals surface area contributed by atoms with Crippen LogP contribution in [0.4, 0.5) is 4.79 Å². The number of nitrogens with one attached hydrogen (secondary N) is 1. The van der Waals surface area contributed by atoms with Gasteiger partial charge in [0.1, 0.15) is 5.75 Å². The number of esters is 1. The maximum absolute atomic E-state index is 12.0. The molecule has 2 rings (SSSR count). The quantitative estimate of drug-likeness (QED) is 0.605. The predicted molar refractivity (Wildman–Crippen MR) is 81.8 cm³/mol. The number of rotatable bonds is 7. The molecule has 1 N–H and O–H groups in total. The van der Waals surface area contributed by atoms with Crippen LogP contribution in [0.3, 0.4) is 0 Å². The van der Waals surface area contributed by atoms with Gasteiger partial charge >= 0.3 is 12.0 Å². The summed E-state index contributed by atoms with van der Waals surface area (Å²) in [6.07, 6.45) is -0.337. The predicted octanol–water partition coefficient (Wildman–Crippen LogP) is 1.33. The first-order valence-corrected chi connectivity index (χ1v) is 7.54. The lowest BCUT2D eigenvalue weighted by Gasteiger charge is -2.18. The molecule has 0 aliphatic carbocycles. The summed E-state index contributed by atoms with van der Waals surface area (Å²) in [6, 6.07) is 8.84. The number of nitrogens with zero attached hydrogens (tertiary/aromatic N) is 1. The van der Waals surface area contributed by atoms with Gasteiger partial charge in [0.15, 0.2) is 6.10 Å². The number of ether oxygens (including phenoxy) is 2. The summed E-state index contributed by atoms with van der Waals surface area (Å²) in [5.41, 5.74) is 0. The highest BCUT2D eigenvalue weighted by Gasteiger charge is 2.31. The molecule has 1 atom stereocenters. The van der Waals surface area contributed by atoms with Crippen molar-refractivity contribution < 1.29 is 23.9 Å². The third kappa shape index (κ3) is 4.98. The van der Waals surface area contributed by atoms with E-state index in [0.29, 0.717) is 26.1 Å². The van der Waals surface area contributed by atoms with Gasteiger partial charge in [-0.15, -0.1) is 0 Å². The van der Waals surface area contributed by atoms with Crippen molar-refractivity contribution in [2.75, 3.05) is 19.7 Å². The van der Waals surface area contributed by atoms with E-state index in [0.717, 1.165) is 10.6 Å². The highest BCUT2D eigenvalue weighted by Crippen LogP contribution is 2.10. The Balaban J connectivity index is 1.66. The lowest BCUT2D eigenvalue weighted by Crippen LogP contribution is -2.41. The molecule has 7 heteroatoms. The Kier molecular flexibility index (Phi) is 5.96. The molecule has 0 saturated carbocycles. The minimum atomic E-state index is -0.971. The summed E-state index contributed by atoms with van der Waals surface area (Å²) >= 11 is 0. The van der Waals surface area contributed by atoms with Crippen LogP contribution in [0.1, 0.15) is 19.8 Å². The van der Waals surface area contributed by atoms with E-state index in [-0.39, 0.29) is 6.42 Å². The molecule has 0 radical (unpaired) electrons. The maximum atomic E-state index is 12.0. The molecule has 7 nitrogen and oxygen atoms in total. The fourth-order valence-electron chi connectivity index (χ4n) is 2.13. The van der Waals surface area contributed by atoms with Crippen molar-refractivity contribution in [2.24, 2.45) is 0 Å². The van der Waals surface area contributed by atoms with E-state index in [9.17, 15) is 14.4 Å². The Bertz CT molecular complexity index is 561. The number of carbonyl (C=O) groups excluding carboxylic acids is 3. The Labute approximate surface area is 134 Å². The Morgan fingerprint density at radius 1 is 1.30 bits per heavy atom. The third-order valence-electron chi connectivity index (χ3n) is 3.32. The Hall–Kier alpha value is -2.57. The number of carbonyl (C=O) groups is 3. The highest BCUT2D eigenvalue weighted by atomic mass is 16.5. The summed E-state index contributed by atoms with van der Waals surface area (Å²) in [7, 11) is 0. The van der Waals surface area contributed by atoms with Gasteiger partial charge in [-0.25, -0.2) is 4.79 Å². The van der Waals surface area contributed by atoms with E-state index >= 15 is 0 Å². The average molecular weight is 320 g/mol. The Morgan fingerprint density at radius 3 is 2.70 bits per heavy atom. The number of imide groups is 1. The first-order valence-electron chi connectivity index (χ1n) is 7.54.